The summed E-state index contributed by atoms with van der Waals surface area (Å²) in [5.74, 6) is 0.101. The first-order chi connectivity index (χ1) is 14.4. The first-order valence-electron chi connectivity index (χ1n) is 10.5. The van der Waals surface area contributed by atoms with Gasteiger partial charge in [0.15, 0.2) is 0 Å². The second-order valence-electron chi connectivity index (χ2n) is 8.17. The van der Waals surface area contributed by atoms with Crippen LogP contribution >= 0.6 is 11.3 Å². The molecule has 4 rings (SSSR count). The van der Waals surface area contributed by atoms with E-state index in [9.17, 15) is 13.2 Å². The number of aryl methyl sites for hydroxylation is 1. The van der Waals surface area contributed by atoms with Crippen molar-refractivity contribution in [3.63, 3.8) is 0 Å². The van der Waals surface area contributed by atoms with Crippen LogP contribution in [-0.4, -0.2) is 67.2 Å². The zero-order valence-corrected chi connectivity index (χ0v) is 19.2. The molecule has 2 saturated heterocycles. The average Bonchev–Trinajstić information content (AvgIpc) is 3.44. The minimum Gasteiger partial charge on any atom is -0.339 e. The van der Waals surface area contributed by atoms with Crippen LogP contribution in [0.4, 0.5) is 0 Å². The molecule has 162 valence electrons. The largest absolute Gasteiger partial charge is 0.339 e. The fourth-order valence-corrected chi connectivity index (χ4v) is 6.62. The molecule has 2 aliphatic rings. The van der Waals surface area contributed by atoms with Gasteiger partial charge in [-0.2, -0.15) is 15.6 Å². The molecule has 1 aromatic heterocycles. The Morgan fingerprint density at radius 1 is 1.07 bits per heavy atom. The van der Waals surface area contributed by atoms with Gasteiger partial charge in [0, 0.05) is 32.2 Å². The van der Waals surface area contributed by atoms with Crippen LogP contribution in [0, 0.1) is 6.92 Å². The number of hydrogen-bond acceptors (Lipinski definition) is 5. The first-order valence-corrected chi connectivity index (χ1v) is 12.9. The van der Waals surface area contributed by atoms with Crippen molar-refractivity contribution in [2.75, 3.05) is 32.7 Å². The molecule has 2 aliphatic heterocycles. The topological polar surface area (TPSA) is 60.9 Å². The number of thiophene rings is 1. The summed E-state index contributed by atoms with van der Waals surface area (Å²) < 4.78 is 27.3. The fourth-order valence-electron chi connectivity index (χ4n) is 4.49. The SMILES string of the molecule is Cc1ccc(S(=O)(=O)N2CCN(C(=O)C(C)N3CCCC3c3ccsc3)CC2)cc1. The Kier molecular flexibility index (Phi) is 6.29. The molecule has 2 aromatic rings. The minimum absolute atomic E-state index is 0.101. The van der Waals surface area contributed by atoms with Gasteiger partial charge in [-0.25, -0.2) is 8.42 Å². The summed E-state index contributed by atoms with van der Waals surface area (Å²) in [4.78, 5) is 17.6. The lowest BCUT2D eigenvalue weighted by Gasteiger charge is -2.38. The lowest BCUT2D eigenvalue weighted by Crippen LogP contribution is -2.55. The number of benzene rings is 1. The lowest BCUT2D eigenvalue weighted by atomic mass is 10.1. The van der Waals surface area contributed by atoms with Crippen molar-refractivity contribution in [1.82, 2.24) is 14.1 Å². The van der Waals surface area contributed by atoms with Crippen molar-refractivity contribution < 1.29 is 13.2 Å². The van der Waals surface area contributed by atoms with Crippen LogP contribution in [-0.2, 0) is 14.8 Å². The van der Waals surface area contributed by atoms with Crippen LogP contribution in [0.25, 0.3) is 0 Å². The van der Waals surface area contributed by atoms with E-state index in [2.05, 4.69) is 21.7 Å². The van der Waals surface area contributed by atoms with Gasteiger partial charge in [0.05, 0.1) is 10.9 Å². The van der Waals surface area contributed by atoms with Crippen molar-refractivity contribution in [3.05, 3.63) is 52.2 Å². The Morgan fingerprint density at radius 2 is 1.77 bits per heavy atom. The van der Waals surface area contributed by atoms with Crippen LogP contribution < -0.4 is 0 Å². The highest BCUT2D eigenvalue weighted by Crippen LogP contribution is 2.35. The molecule has 2 fully saturated rings. The van der Waals surface area contributed by atoms with Crippen molar-refractivity contribution >= 4 is 27.3 Å². The molecule has 0 radical (unpaired) electrons. The Hall–Kier alpha value is -1.74. The molecule has 8 heteroatoms. The molecular weight excluding hydrogens is 418 g/mol. The predicted molar refractivity (Wildman–Crippen MR) is 119 cm³/mol. The van der Waals surface area contributed by atoms with Gasteiger partial charge in [-0.15, -0.1) is 0 Å². The quantitative estimate of drug-likeness (QED) is 0.707. The number of piperazine rings is 1. The minimum atomic E-state index is -3.52. The van der Waals surface area contributed by atoms with Gasteiger partial charge in [-0.1, -0.05) is 17.7 Å². The van der Waals surface area contributed by atoms with Gasteiger partial charge in [0.2, 0.25) is 15.9 Å². The van der Waals surface area contributed by atoms with Crippen LogP contribution in [0.2, 0.25) is 0 Å². The zero-order chi connectivity index (χ0) is 21.3. The lowest BCUT2D eigenvalue weighted by molar-refractivity contribution is -0.138. The van der Waals surface area contributed by atoms with E-state index in [-0.39, 0.29) is 11.9 Å². The summed E-state index contributed by atoms with van der Waals surface area (Å²) in [5.41, 5.74) is 2.33. The predicted octanol–water partition coefficient (Wildman–Crippen LogP) is 3.12. The van der Waals surface area contributed by atoms with Crippen molar-refractivity contribution in [2.24, 2.45) is 0 Å². The molecule has 1 amide bonds. The summed E-state index contributed by atoms with van der Waals surface area (Å²) in [7, 11) is -3.52. The van der Waals surface area contributed by atoms with E-state index < -0.39 is 10.0 Å². The molecule has 30 heavy (non-hydrogen) atoms. The third kappa shape index (κ3) is 4.19. The molecule has 2 unspecified atom stereocenters. The van der Waals surface area contributed by atoms with Gasteiger partial charge >= 0.3 is 0 Å². The van der Waals surface area contributed by atoms with Crippen LogP contribution in [0.15, 0.2) is 46.0 Å². The highest BCUT2D eigenvalue weighted by Gasteiger charge is 2.37. The average molecular weight is 448 g/mol. The summed E-state index contributed by atoms with van der Waals surface area (Å²) >= 11 is 1.69. The molecule has 3 heterocycles. The van der Waals surface area contributed by atoms with E-state index >= 15 is 0 Å². The molecule has 1 aromatic carbocycles. The van der Waals surface area contributed by atoms with E-state index in [1.807, 2.05) is 30.9 Å². The maximum absolute atomic E-state index is 13.2. The maximum atomic E-state index is 13.2. The van der Waals surface area contributed by atoms with Crippen molar-refractivity contribution in [1.29, 1.82) is 0 Å². The summed E-state index contributed by atoms with van der Waals surface area (Å²) in [6.07, 6.45) is 2.18. The number of amides is 1. The normalized spacial score (nSPS) is 22.3. The highest BCUT2D eigenvalue weighted by atomic mass is 32.2. The molecular formula is C22H29N3O3S2. The summed E-state index contributed by atoms with van der Waals surface area (Å²) in [6.45, 7) is 6.39. The van der Waals surface area contributed by atoms with Gasteiger partial charge in [0.1, 0.15) is 0 Å². The Balaban J connectivity index is 1.39. The molecule has 0 N–H and O–H groups in total. The third-order valence-corrected chi connectivity index (χ3v) is 8.90. The number of sulfonamides is 1. The number of nitrogens with zero attached hydrogens (tertiary/aromatic N) is 3. The van der Waals surface area contributed by atoms with Crippen LogP contribution in [0.3, 0.4) is 0 Å². The van der Waals surface area contributed by atoms with Crippen LogP contribution in [0.5, 0.6) is 0 Å². The van der Waals surface area contributed by atoms with E-state index in [1.54, 1.807) is 23.5 Å². The fraction of sp³-hybridized carbons (Fsp3) is 0.500. The molecule has 6 nitrogen and oxygen atoms in total. The standard InChI is InChI=1S/C22H29N3O3S2/c1-17-5-7-20(8-6-17)30(27,28)24-13-11-23(12-14-24)22(26)18(2)25-10-3-4-21(25)19-9-15-29-16-19/h5-9,15-16,18,21H,3-4,10-14H2,1-2H3. The Bertz CT molecular complexity index is 966. The van der Waals surface area contributed by atoms with Crippen LogP contribution in [0.1, 0.15) is 36.9 Å². The summed E-state index contributed by atoms with van der Waals surface area (Å²) in [6, 6.07) is 9.20. The van der Waals surface area contributed by atoms with E-state index in [0.717, 1.165) is 24.9 Å². The van der Waals surface area contributed by atoms with Gasteiger partial charge in [-0.3, -0.25) is 9.69 Å². The maximum Gasteiger partial charge on any atom is 0.243 e. The Morgan fingerprint density at radius 3 is 2.40 bits per heavy atom. The van der Waals surface area contributed by atoms with E-state index in [4.69, 9.17) is 0 Å². The Labute approximate surface area is 183 Å². The van der Waals surface area contributed by atoms with Crippen molar-refractivity contribution in [2.45, 2.75) is 43.7 Å². The van der Waals surface area contributed by atoms with Gasteiger partial charge < -0.3 is 4.90 Å². The van der Waals surface area contributed by atoms with E-state index in [0.29, 0.717) is 37.1 Å². The number of likely N-dealkylation sites (tertiary alicyclic amines) is 1. The molecule has 0 spiro atoms. The molecule has 0 bridgehead atoms. The van der Waals surface area contributed by atoms with Crippen molar-refractivity contribution in [3.8, 4) is 0 Å². The number of rotatable bonds is 5. The number of carbonyl (C=O) groups is 1. The second kappa shape index (κ2) is 8.78. The smallest absolute Gasteiger partial charge is 0.243 e. The molecule has 0 saturated carbocycles. The van der Waals surface area contributed by atoms with Gasteiger partial charge in [-0.05, 0) is 67.8 Å². The first kappa shape index (κ1) is 21.5. The summed E-state index contributed by atoms with van der Waals surface area (Å²) in [5, 5.41) is 4.26. The number of hydrogen-bond donors (Lipinski definition) is 0. The second-order valence-corrected chi connectivity index (χ2v) is 10.9. The van der Waals surface area contributed by atoms with Gasteiger partial charge in [0.25, 0.3) is 0 Å². The zero-order valence-electron chi connectivity index (χ0n) is 17.5. The number of carbonyl (C=O) groups excluding carboxylic acids is 1. The third-order valence-electron chi connectivity index (χ3n) is 6.29. The van der Waals surface area contributed by atoms with E-state index in [1.165, 1.54) is 9.87 Å². The molecule has 2 atom stereocenters. The monoisotopic (exact) mass is 447 g/mol. The molecule has 0 aliphatic carbocycles. The highest BCUT2D eigenvalue weighted by molar-refractivity contribution is 7.89.